The number of ether oxygens (including phenoxy) is 2. The van der Waals surface area contributed by atoms with Gasteiger partial charge in [0.15, 0.2) is 0 Å². The Hall–Kier alpha value is -1.88. The summed E-state index contributed by atoms with van der Waals surface area (Å²) in [6.45, 7) is 1.62. The van der Waals surface area contributed by atoms with Crippen LogP contribution in [0.4, 0.5) is 4.39 Å². The third-order valence-electron chi connectivity index (χ3n) is 4.41. The van der Waals surface area contributed by atoms with E-state index < -0.39 is 29.2 Å². The molecule has 6 heteroatoms. The molecule has 0 aromatic heterocycles. The molecule has 26 heavy (non-hydrogen) atoms. The van der Waals surface area contributed by atoms with E-state index in [4.69, 9.17) is 10.8 Å². The predicted molar refractivity (Wildman–Crippen MR) is 95.7 cm³/mol. The van der Waals surface area contributed by atoms with Crippen molar-refractivity contribution in [3.05, 3.63) is 53.3 Å². The molecule has 2 aromatic carbocycles. The fourth-order valence-electron chi connectivity index (χ4n) is 3.25. The van der Waals surface area contributed by atoms with Crippen molar-refractivity contribution >= 4 is 25.4 Å². The van der Waals surface area contributed by atoms with E-state index in [-0.39, 0.29) is 45.3 Å². The summed E-state index contributed by atoms with van der Waals surface area (Å²) in [7, 11) is 0. The molecule has 2 unspecified atom stereocenters. The van der Waals surface area contributed by atoms with Crippen LogP contribution in [0.25, 0.3) is 0 Å². The van der Waals surface area contributed by atoms with E-state index in [1.54, 1.807) is 6.92 Å². The van der Waals surface area contributed by atoms with Gasteiger partial charge in [-0.3, -0.25) is 0 Å². The SMILES string of the molecule is [2H][C@H]1c2c(cc(F)c3c2OC(=O)C([Se]c2ccccc2)C3)O[C@@H]1CC(C)O. The summed E-state index contributed by atoms with van der Waals surface area (Å²) in [5.74, 6) is -0.486. The van der Waals surface area contributed by atoms with Gasteiger partial charge in [0.2, 0.25) is 0 Å². The van der Waals surface area contributed by atoms with Gasteiger partial charge in [-0.25, -0.2) is 0 Å². The van der Waals surface area contributed by atoms with E-state index in [1.165, 1.54) is 6.07 Å². The van der Waals surface area contributed by atoms with Crippen molar-refractivity contribution in [2.24, 2.45) is 0 Å². The number of rotatable bonds is 4. The van der Waals surface area contributed by atoms with Gasteiger partial charge >= 0.3 is 159 Å². The Kier molecular flexibility index (Phi) is 4.41. The number of aliphatic hydroxyl groups excluding tert-OH is 1. The number of carbonyl (C=O) groups excluding carboxylic acids is 1. The van der Waals surface area contributed by atoms with Crippen LogP contribution in [0.3, 0.4) is 0 Å². The fraction of sp³-hybridized carbons (Fsp3) is 0.350. The van der Waals surface area contributed by atoms with Crippen LogP contribution in [0.5, 0.6) is 11.5 Å². The van der Waals surface area contributed by atoms with E-state index in [1.807, 2.05) is 30.3 Å². The molecular formula is C20H19FO4Se. The molecule has 1 N–H and O–H groups in total. The molecule has 2 aromatic rings. The minimum absolute atomic E-state index is 0.142. The number of halogens is 1. The van der Waals surface area contributed by atoms with Crippen molar-refractivity contribution in [2.45, 2.75) is 43.2 Å². The van der Waals surface area contributed by atoms with Crippen molar-refractivity contribution < 1.29 is 25.1 Å². The number of esters is 1. The van der Waals surface area contributed by atoms with Gasteiger partial charge in [0.1, 0.15) is 0 Å². The first-order valence-electron chi connectivity index (χ1n) is 9.07. The summed E-state index contributed by atoms with van der Waals surface area (Å²) in [5, 5.41) is 9.60. The van der Waals surface area contributed by atoms with Crippen molar-refractivity contribution in [3.8, 4) is 11.5 Å². The van der Waals surface area contributed by atoms with Crippen LogP contribution in [0.1, 0.15) is 25.8 Å². The Labute approximate surface area is 158 Å². The number of aliphatic hydroxyl groups is 1. The maximum atomic E-state index is 14.7. The van der Waals surface area contributed by atoms with Gasteiger partial charge in [-0.05, 0) is 0 Å². The molecule has 0 amide bonds. The quantitative estimate of drug-likeness (QED) is 0.466. The van der Waals surface area contributed by atoms with Crippen LogP contribution >= 0.6 is 0 Å². The van der Waals surface area contributed by atoms with Crippen LogP contribution in [0.15, 0.2) is 36.4 Å². The number of hydrogen-bond donors (Lipinski definition) is 1. The molecular weight excluding hydrogens is 402 g/mol. The van der Waals surface area contributed by atoms with Crippen molar-refractivity contribution in [2.75, 3.05) is 0 Å². The van der Waals surface area contributed by atoms with E-state index in [0.29, 0.717) is 11.1 Å². The monoisotopic (exact) mass is 423 g/mol. The number of fused-ring (bicyclic) bond motifs is 3. The van der Waals surface area contributed by atoms with Gasteiger partial charge in [-0.1, -0.05) is 0 Å². The van der Waals surface area contributed by atoms with Gasteiger partial charge in [-0.2, -0.15) is 0 Å². The first kappa shape index (κ1) is 16.3. The Morgan fingerprint density at radius 1 is 1.38 bits per heavy atom. The molecule has 0 fully saturated rings. The van der Waals surface area contributed by atoms with Crippen LogP contribution < -0.4 is 13.9 Å². The van der Waals surface area contributed by atoms with Crippen molar-refractivity contribution in [1.29, 1.82) is 0 Å². The Morgan fingerprint density at radius 3 is 2.88 bits per heavy atom. The molecule has 2 aliphatic heterocycles. The van der Waals surface area contributed by atoms with Gasteiger partial charge < -0.3 is 0 Å². The zero-order chi connectivity index (χ0) is 19.1. The molecule has 0 spiro atoms. The Balaban J connectivity index is 1.65. The van der Waals surface area contributed by atoms with Gasteiger partial charge in [0, 0.05) is 0 Å². The molecule has 0 saturated heterocycles. The van der Waals surface area contributed by atoms with Crippen LogP contribution in [-0.2, 0) is 17.6 Å². The minimum atomic E-state index is -0.826. The molecule has 4 atom stereocenters. The standard InChI is InChI=1S/C20H19FO4Se/c1-11(22)7-12-8-15-17(24-12)10-16(21)14-9-18(20(23)25-19(14)15)26-13-5-3-2-4-6-13/h2-6,10-12,18,22H,7-9H2,1H3/t11?,12-,18?/m1/s1/i8D/t8-,11?,12-,18?. The number of hydrogen-bond acceptors (Lipinski definition) is 4. The molecule has 2 aliphatic rings. The van der Waals surface area contributed by atoms with Gasteiger partial charge in [-0.15, -0.1) is 0 Å². The fourth-order valence-corrected chi connectivity index (χ4v) is 5.42. The van der Waals surface area contributed by atoms with E-state index in [0.717, 1.165) is 4.46 Å². The number of benzene rings is 2. The maximum absolute atomic E-state index is 14.7. The van der Waals surface area contributed by atoms with E-state index in [2.05, 4.69) is 0 Å². The molecule has 0 radical (unpaired) electrons. The zero-order valence-electron chi connectivity index (χ0n) is 15.1. The average Bonchev–Trinajstić information content (AvgIpc) is 2.92. The second-order valence-electron chi connectivity index (χ2n) is 6.53. The van der Waals surface area contributed by atoms with Crippen molar-refractivity contribution in [1.82, 2.24) is 0 Å². The van der Waals surface area contributed by atoms with Crippen LogP contribution in [0.2, 0.25) is 4.82 Å². The summed E-state index contributed by atoms with van der Waals surface area (Å²) < 4.78 is 35.4. The van der Waals surface area contributed by atoms with Crippen LogP contribution in [0, 0.1) is 5.82 Å². The third-order valence-corrected chi connectivity index (χ3v) is 6.90. The molecule has 4 rings (SSSR count). The average molecular weight is 422 g/mol. The first-order chi connectivity index (χ1) is 12.9. The zero-order valence-corrected chi connectivity index (χ0v) is 15.9. The normalized spacial score (nSPS) is 25.6. The molecule has 2 heterocycles. The summed E-state index contributed by atoms with van der Waals surface area (Å²) >= 11 is -0.173. The van der Waals surface area contributed by atoms with Crippen molar-refractivity contribution in [3.63, 3.8) is 0 Å². The summed E-state index contributed by atoms with van der Waals surface area (Å²) in [4.78, 5) is 12.2. The second-order valence-corrected chi connectivity index (χ2v) is 9.21. The van der Waals surface area contributed by atoms with E-state index >= 15 is 0 Å². The summed E-state index contributed by atoms with van der Waals surface area (Å²) in [6.07, 6.45) is -1.54. The topological polar surface area (TPSA) is 55.8 Å². The molecule has 0 aliphatic carbocycles. The summed E-state index contributed by atoms with van der Waals surface area (Å²) in [6, 6.07) is 10.9. The van der Waals surface area contributed by atoms with E-state index in [9.17, 15) is 14.3 Å². The molecule has 0 saturated carbocycles. The van der Waals surface area contributed by atoms with Gasteiger partial charge in [0.05, 0.1) is 0 Å². The Bertz CT molecular complexity index is 874. The molecule has 0 bridgehead atoms. The number of carbonyl (C=O) groups is 1. The Morgan fingerprint density at radius 2 is 2.15 bits per heavy atom. The molecule has 4 nitrogen and oxygen atoms in total. The van der Waals surface area contributed by atoms with Gasteiger partial charge in [0.25, 0.3) is 0 Å². The molecule has 136 valence electrons. The third kappa shape index (κ3) is 3.37. The second kappa shape index (κ2) is 7.03. The summed E-state index contributed by atoms with van der Waals surface area (Å²) in [5.41, 5.74) is 0.755. The predicted octanol–water partition coefficient (Wildman–Crippen LogP) is 2.18. The van der Waals surface area contributed by atoms with Crippen LogP contribution in [-0.4, -0.2) is 38.2 Å². The first-order valence-corrected chi connectivity index (χ1v) is 10.3.